The molecule has 3 aromatic rings. The van der Waals surface area contributed by atoms with Gasteiger partial charge in [0.05, 0.1) is 17.2 Å². The summed E-state index contributed by atoms with van der Waals surface area (Å²) in [4.78, 5) is 16.6. The smallest absolute Gasteiger partial charge is 0.257 e. The topological polar surface area (TPSA) is 59.2 Å². The van der Waals surface area contributed by atoms with Gasteiger partial charge in [-0.25, -0.2) is 0 Å². The highest BCUT2D eigenvalue weighted by Crippen LogP contribution is 2.25. The zero-order valence-corrected chi connectivity index (χ0v) is 17.4. The Hall–Kier alpha value is -2.12. The van der Waals surface area contributed by atoms with Gasteiger partial charge in [-0.15, -0.1) is 33.3 Å². The molecule has 0 atom stereocenters. The van der Waals surface area contributed by atoms with E-state index in [-0.39, 0.29) is 5.91 Å². The van der Waals surface area contributed by atoms with Gasteiger partial charge in [-0.05, 0) is 43.3 Å². The maximum Gasteiger partial charge on any atom is 0.257 e. The summed E-state index contributed by atoms with van der Waals surface area (Å²) >= 11 is 3.13. The zero-order valence-electron chi connectivity index (χ0n) is 15.8. The number of hydrogen-bond donors (Lipinski definition) is 0. The Bertz CT molecular complexity index is 891. The Labute approximate surface area is 167 Å². The first-order valence-electron chi connectivity index (χ1n) is 8.91. The number of aromatic nitrogens is 2. The molecule has 0 aliphatic carbocycles. The lowest BCUT2D eigenvalue weighted by atomic mass is 10.2. The highest BCUT2D eigenvalue weighted by Gasteiger charge is 2.18. The first-order chi connectivity index (χ1) is 13.1. The minimum absolute atomic E-state index is 0.0821. The molecule has 2 aromatic heterocycles. The largest absolute Gasteiger partial charge is 0.418 e. The van der Waals surface area contributed by atoms with Crippen LogP contribution in [-0.2, 0) is 11.3 Å². The van der Waals surface area contributed by atoms with Gasteiger partial charge in [0.15, 0.2) is 0 Å². The molecule has 0 aliphatic heterocycles. The van der Waals surface area contributed by atoms with Gasteiger partial charge in [-0.3, -0.25) is 4.79 Å². The third-order valence-corrected chi connectivity index (χ3v) is 6.07. The van der Waals surface area contributed by atoms with Crippen LogP contribution in [0.5, 0.6) is 0 Å². The molecule has 0 aliphatic rings. The van der Waals surface area contributed by atoms with Crippen LogP contribution in [0, 0.1) is 13.8 Å². The molecule has 27 heavy (non-hydrogen) atoms. The third-order valence-electron chi connectivity index (χ3n) is 4.07. The third kappa shape index (κ3) is 5.20. The van der Waals surface area contributed by atoms with Crippen LogP contribution in [0.4, 0.5) is 0 Å². The predicted octanol–water partition coefficient (Wildman–Crippen LogP) is 4.95. The molecule has 0 radical (unpaired) electrons. The molecule has 142 valence electrons. The van der Waals surface area contributed by atoms with E-state index in [0.717, 1.165) is 16.2 Å². The van der Waals surface area contributed by atoms with E-state index < -0.39 is 0 Å². The summed E-state index contributed by atoms with van der Waals surface area (Å²) in [5.41, 5.74) is 2.39. The standard InChI is InChI=1S/C20H23N3O2S2/c1-4-9-23(12-18-21-22-20(25-18)16-6-5-10-26-16)19(24)13-27-17-11-14(2)7-8-15(17)3/h5-8,10-11H,4,9,12-13H2,1-3H3. The Morgan fingerprint density at radius 2 is 2.11 bits per heavy atom. The molecule has 7 heteroatoms. The van der Waals surface area contributed by atoms with Gasteiger partial charge in [0.25, 0.3) is 5.89 Å². The maximum absolute atomic E-state index is 12.8. The van der Waals surface area contributed by atoms with E-state index in [1.165, 1.54) is 11.1 Å². The summed E-state index contributed by atoms with van der Waals surface area (Å²) < 4.78 is 5.74. The predicted molar refractivity (Wildman–Crippen MR) is 110 cm³/mol. The number of thiophene rings is 1. The quantitative estimate of drug-likeness (QED) is 0.500. The van der Waals surface area contributed by atoms with Gasteiger partial charge < -0.3 is 9.32 Å². The summed E-state index contributed by atoms with van der Waals surface area (Å²) in [6, 6.07) is 10.2. The average Bonchev–Trinajstić information content (AvgIpc) is 3.33. The summed E-state index contributed by atoms with van der Waals surface area (Å²) in [5, 5.41) is 10.2. The number of rotatable bonds is 8. The van der Waals surface area contributed by atoms with Crippen LogP contribution in [0.25, 0.3) is 10.8 Å². The molecule has 2 heterocycles. The Morgan fingerprint density at radius 3 is 2.85 bits per heavy atom. The molecule has 5 nitrogen and oxygen atoms in total. The Balaban J connectivity index is 1.64. The van der Waals surface area contributed by atoms with Gasteiger partial charge >= 0.3 is 0 Å². The van der Waals surface area contributed by atoms with Crippen LogP contribution >= 0.6 is 23.1 Å². The highest BCUT2D eigenvalue weighted by molar-refractivity contribution is 8.00. The molecule has 0 bridgehead atoms. The number of carbonyl (C=O) groups is 1. The van der Waals surface area contributed by atoms with Gasteiger partial charge in [0.1, 0.15) is 0 Å². The van der Waals surface area contributed by atoms with Crippen molar-refractivity contribution in [2.45, 2.75) is 38.6 Å². The lowest BCUT2D eigenvalue weighted by Gasteiger charge is -2.20. The first kappa shape index (κ1) is 19.6. The molecule has 0 spiro atoms. The second kappa shape index (κ2) is 9.19. The van der Waals surface area contributed by atoms with Crippen LogP contribution in [0.2, 0.25) is 0 Å². The van der Waals surface area contributed by atoms with Crippen LogP contribution in [0.15, 0.2) is 45.0 Å². The zero-order chi connectivity index (χ0) is 19.2. The van der Waals surface area contributed by atoms with Gasteiger partial charge in [0.2, 0.25) is 11.8 Å². The average molecular weight is 402 g/mol. The van der Waals surface area contributed by atoms with E-state index in [9.17, 15) is 4.79 Å². The van der Waals surface area contributed by atoms with E-state index >= 15 is 0 Å². The first-order valence-corrected chi connectivity index (χ1v) is 10.8. The van der Waals surface area contributed by atoms with Crippen molar-refractivity contribution in [2.24, 2.45) is 0 Å². The minimum Gasteiger partial charge on any atom is -0.418 e. The molecule has 0 saturated carbocycles. The number of carbonyl (C=O) groups excluding carboxylic acids is 1. The lowest BCUT2D eigenvalue weighted by Crippen LogP contribution is -2.32. The number of nitrogens with zero attached hydrogens (tertiary/aromatic N) is 3. The van der Waals surface area contributed by atoms with Gasteiger partial charge in [-0.2, -0.15) is 0 Å². The number of aryl methyl sites for hydroxylation is 2. The fourth-order valence-corrected chi connectivity index (χ4v) is 4.31. The summed E-state index contributed by atoms with van der Waals surface area (Å²) in [5.74, 6) is 1.46. The van der Waals surface area contributed by atoms with Crippen LogP contribution in [-0.4, -0.2) is 33.3 Å². The fourth-order valence-electron chi connectivity index (χ4n) is 2.64. The van der Waals surface area contributed by atoms with Crippen LogP contribution in [0.3, 0.4) is 0 Å². The highest BCUT2D eigenvalue weighted by atomic mass is 32.2. The number of hydrogen-bond acceptors (Lipinski definition) is 6. The Morgan fingerprint density at radius 1 is 1.26 bits per heavy atom. The van der Waals surface area contributed by atoms with Gasteiger partial charge in [-0.1, -0.05) is 30.7 Å². The molecule has 1 aromatic carbocycles. The van der Waals surface area contributed by atoms with Crippen molar-refractivity contribution in [1.29, 1.82) is 0 Å². The van der Waals surface area contributed by atoms with Gasteiger partial charge in [0, 0.05) is 11.4 Å². The molecule has 3 rings (SSSR count). The normalized spacial score (nSPS) is 10.9. The molecular weight excluding hydrogens is 378 g/mol. The maximum atomic E-state index is 12.8. The van der Waals surface area contributed by atoms with Crippen molar-refractivity contribution < 1.29 is 9.21 Å². The molecule has 0 N–H and O–H groups in total. The van der Waals surface area contributed by atoms with Crippen molar-refractivity contribution in [3.63, 3.8) is 0 Å². The van der Waals surface area contributed by atoms with E-state index in [0.29, 0.717) is 30.6 Å². The van der Waals surface area contributed by atoms with Crippen molar-refractivity contribution in [1.82, 2.24) is 15.1 Å². The lowest BCUT2D eigenvalue weighted by molar-refractivity contribution is -0.129. The summed E-state index contributed by atoms with van der Waals surface area (Å²) in [6.45, 7) is 7.21. The number of amides is 1. The molecule has 0 saturated heterocycles. The molecular formula is C20H23N3O2S2. The van der Waals surface area contributed by atoms with E-state index in [2.05, 4.69) is 49.2 Å². The Kier molecular flexibility index (Phi) is 6.68. The summed E-state index contributed by atoms with van der Waals surface area (Å²) in [7, 11) is 0. The molecule has 0 unspecified atom stereocenters. The van der Waals surface area contributed by atoms with E-state index in [1.807, 2.05) is 17.5 Å². The van der Waals surface area contributed by atoms with E-state index in [4.69, 9.17) is 4.42 Å². The van der Waals surface area contributed by atoms with E-state index in [1.54, 1.807) is 28.0 Å². The van der Waals surface area contributed by atoms with Crippen LogP contribution in [0.1, 0.15) is 30.4 Å². The summed E-state index contributed by atoms with van der Waals surface area (Å²) in [6.07, 6.45) is 0.881. The van der Waals surface area contributed by atoms with Crippen molar-refractivity contribution in [2.75, 3.05) is 12.3 Å². The molecule has 0 fully saturated rings. The van der Waals surface area contributed by atoms with Crippen molar-refractivity contribution in [3.8, 4) is 10.8 Å². The monoisotopic (exact) mass is 401 g/mol. The molecule has 1 amide bonds. The van der Waals surface area contributed by atoms with Crippen molar-refractivity contribution in [3.05, 3.63) is 52.7 Å². The van der Waals surface area contributed by atoms with Crippen LogP contribution < -0.4 is 0 Å². The minimum atomic E-state index is 0.0821. The SMILES string of the molecule is CCCN(Cc1nnc(-c2cccs2)o1)C(=O)CSc1cc(C)ccc1C. The second-order valence-corrected chi connectivity index (χ2v) is 8.32. The second-order valence-electron chi connectivity index (χ2n) is 6.35. The number of thioether (sulfide) groups is 1. The fraction of sp³-hybridized carbons (Fsp3) is 0.350. The van der Waals surface area contributed by atoms with Crippen molar-refractivity contribution >= 4 is 29.0 Å². The number of benzene rings is 1.